The summed E-state index contributed by atoms with van der Waals surface area (Å²) < 4.78 is 13.5. The van der Waals surface area contributed by atoms with Crippen LogP contribution in [0.5, 0.6) is 5.75 Å². The molecular formula is C14H11ClFNO2. The van der Waals surface area contributed by atoms with Gasteiger partial charge in [0.15, 0.2) is 0 Å². The number of phenolic OH excluding ortho intramolecular Hbond substituents is 1. The molecule has 0 aromatic heterocycles. The molecule has 0 heterocycles. The summed E-state index contributed by atoms with van der Waals surface area (Å²) in [6.45, 7) is 0.251. The predicted molar refractivity (Wildman–Crippen MR) is 70.7 cm³/mol. The van der Waals surface area contributed by atoms with Gasteiger partial charge in [-0.15, -0.1) is 0 Å². The predicted octanol–water partition coefficient (Wildman–Crippen LogP) is 3.11. The Labute approximate surface area is 114 Å². The topological polar surface area (TPSA) is 49.3 Å². The molecule has 0 saturated heterocycles. The quantitative estimate of drug-likeness (QED) is 0.907. The van der Waals surface area contributed by atoms with Crippen molar-refractivity contribution in [1.29, 1.82) is 0 Å². The van der Waals surface area contributed by atoms with Crippen LogP contribution in [0.1, 0.15) is 15.9 Å². The van der Waals surface area contributed by atoms with Crippen molar-refractivity contribution in [1.82, 2.24) is 5.32 Å². The van der Waals surface area contributed by atoms with E-state index in [4.69, 9.17) is 16.7 Å². The fraction of sp³-hybridized carbons (Fsp3) is 0.0714. The second kappa shape index (κ2) is 5.71. The minimum absolute atomic E-state index is 0.0526. The Balaban J connectivity index is 2.03. The molecule has 0 bridgehead atoms. The van der Waals surface area contributed by atoms with Gasteiger partial charge in [0.05, 0.1) is 5.56 Å². The van der Waals surface area contributed by atoms with E-state index in [2.05, 4.69) is 5.32 Å². The van der Waals surface area contributed by atoms with Crippen LogP contribution in [0.15, 0.2) is 42.5 Å². The Morgan fingerprint density at radius 2 is 1.89 bits per heavy atom. The number of amides is 1. The third kappa shape index (κ3) is 3.45. The highest BCUT2D eigenvalue weighted by Crippen LogP contribution is 2.15. The smallest absolute Gasteiger partial charge is 0.254 e. The second-order valence-electron chi connectivity index (χ2n) is 3.97. The molecule has 2 N–H and O–H groups in total. The van der Waals surface area contributed by atoms with Gasteiger partial charge in [-0.2, -0.15) is 0 Å². The van der Waals surface area contributed by atoms with Crippen molar-refractivity contribution >= 4 is 17.5 Å². The van der Waals surface area contributed by atoms with E-state index in [9.17, 15) is 9.18 Å². The number of hydrogen-bond donors (Lipinski definition) is 2. The lowest BCUT2D eigenvalue weighted by Crippen LogP contribution is -2.23. The van der Waals surface area contributed by atoms with E-state index < -0.39 is 11.7 Å². The third-order valence-corrected chi connectivity index (χ3v) is 2.80. The Morgan fingerprint density at radius 1 is 1.21 bits per heavy atom. The molecular weight excluding hydrogens is 269 g/mol. The molecule has 0 unspecified atom stereocenters. The molecule has 19 heavy (non-hydrogen) atoms. The lowest BCUT2D eigenvalue weighted by molar-refractivity contribution is 0.0947. The monoisotopic (exact) mass is 279 g/mol. The van der Waals surface area contributed by atoms with Crippen LogP contribution in [-0.2, 0) is 6.54 Å². The van der Waals surface area contributed by atoms with Gasteiger partial charge in [0.25, 0.3) is 5.91 Å². The molecule has 98 valence electrons. The van der Waals surface area contributed by atoms with E-state index in [1.54, 1.807) is 12.1 Å². The van der Waals surface area contributed by atoms with Crippen molar-refractivity contribution in [2.75, 3.05) is 0 Å². The summed E-state index contributed by atoms with van der Waals surface area (Å²) in [4.78, 5) is 11.8. The molecule has 2 aromatic carbocycles. The van der Waals surface area contributed by atoms with E-state index in [-0.39, 0.29) is 22.9 Å². The number of aromatic hydroxyl groups is 1. The van der Waals surface area contributed by atoms with E-state index >= 15 is 0 Å². The first-order chi connectivity index (χ1) is 9.06. The molecule has 1 amide bonds. The van der Waals surface area contributed by atoms with Crippen molar-refractivity contribution in [3.05, 3.63) is 64.4 Å². The third-order valence-electron chi connectivity index (χ3n) is 2.57. The van der Waals surface area contributed by atoms with Gasteiger partial charge in [-0.3, -0.25) is 4.79 Å². The Hall–Kier alpha value is -2.07. The van der Waals surface area contributed by atoms with Gasteiger partial charge < -0.3 is 10.4 Å². The lowest BCUT2D eigenvalue weighted by Gasteiger charge is -2.06. The first-order valence-corrected chi connectivity index (χ1v) is 5.95. The SMILES string of the molecule is O=C(NCc1ccc(O)cc1)c1ccc(Cl)cc1F. The number of phenols is 1. The molecule has 0 aliphatic rings. The molecule has 2 aromatic rings. The number of carbonyl (C=O) groups excluding carboxylic acids is 1. The summed E-state index contributed by atoms with van der Waals surface area (Å²) in [5.41, 5.74) is 0.753. The number of halogens is 2. The largest absolute Gasteiger partial charge is 0.508 e. The Kier molecular flexibility index (Phi) is 4.02. The summed E-state index contributed by atoms with van der Waals surface area (Å²) in [5.74, 6) is -1.02. The maximum absolute atomic E-state index is 13.5. The van der Waals surface area contributed by atoms with Crippen molar-refractivity contribution in [3.63, 3.8) is 0 Å². The summed E-state index contributed by atoms with van der Waals surface area (Å²) in [7, 11) is 0. The normalized spacial score (nSPS) is 10.2. The lowest BCUT2D eigenvalue weighted by atomic mass is 10.2. The van der Waals surface area contributed by atoms with Crippen LogP contribution in [0.3, 0.4) is 0 Å². The maximum Gasteiger partial charge on any atom is 0.254 e. The zero-order chi connectivity index (χ0) is 13.8. The van der Waals surface area contributed by atoms with E-state index in [1.165, 1.54) is 24.3 Å². The van der Waals surface area contributed by atoms with Gasteiger partial charge in [0.2, 0.25) is 0 Å². The van der Waals surface area contributed by atoms with Crippen LogP contribution in [-0.4, -0.2) is 11.0 Å². The summed E-state index contributed by atoms with van der Waals surface area (Å²) in [5, 5.41) is 12.0. The van der Waals surface area contributed by atoms with Gasteiger partial charge in [-0.25, -0.2) is 4.39 Å². The van der Waals surface area contributed by atoms with E-state index in [1.807, 2.05) is 0 Å². The molecule has 0 aliphatic carbocycles. The highest BCUT2D eigenvalue weighted by atomic mass is 35.5. The molecule has 2 rings (SSSR count). The number of hydrogen-bond acceptors (Lipinski definition) is 2. The number of carbonyl (C=O) groups is 1. The fourth-order valence-corrected chi connectivity index (χ4v) is 1.72. The van der Waals surface area contributed by atoms with Crippen LogP contribution in [0.25, 0.3) is 0 Å². The minimum Gasteiger partial charge on any atom is -0.508 e. The zero-order valence-electron chi connectivity index (χ0n) is 9.86. The van der Waals surface area contributed by atoms with Crippen molar-refractivity contribution in [3.8, 4) is 5.75 Å². The Morgan fingerprint density at radius 3 is 2.53 bits per heavy atom. The minimum atomic E-state index is -0.657. The number of nitrogens with one attached hydrogen (secondary N) is 1. The van der Waals surface area contributed by atoms with Crippen LogP contribution >= 0.6 is 11.6 Å². The Bertz CT molecular complexity index is 599. The first-order valence-electron chi connectivity index (χ1n) is 5.57. The maximum atomic E-state index is 13.5. The van der Waals surface area contributed by atoms with Gasteiger partial charge >= 0.3 is 0 Å². The van der Waals surface area contributed by atoms with Gasteiger partial charge in [0, 0.05) is 11.6 Å². The van der Waals surface area contributed by atoms with Crippen molar-refractivity contribution in [2.45, 2.75) is 6.54 Å². The van der Waals surface area contributed by atoms with Crippen LogP contribution in [0.4, 0.5) is 4.39 Å². The summed E-state index contributed by atoms with van der Waals surface area (Å²) in [6.07, 6.45) is 0. The summed E-state index contributed by atoms with van der Waals surface area (Å²) in [6, 6.07) is 10.3. The number of benzene rings is 2. The van der Waals surface area contributed by atoms with Crippen LogP contribution in [0.2, 0.25) is 5.02 Å². The number of rotatable bonds is 3. The zero-order valence-corrected chi connectivity index (χ0v) is 10.6. The highest BCUT2D eigenvalue weighted by Gasteiger charge is 2.11. The molecule has 3 nitrogen and oxygen atoms in total. The highest BCUT2D eigenvalue weighted by molar-refractivity contribution is 6.30. The molecule has 5 heteroatoms. The van der Waals surface area contributed by atoms with Crippen molar-refractivity contribution < 1.29 is 14.3 Å². The van der Waals surface area contributed by atoms with E-state index in [0.717, 1.165) is 11.6 Å². The first kappa shape index (κ1) is 13.4. The average Bonchev–Trinajstić information content (AvgIpc) is 2.37. The molecule has 0 spiro atoms. The average molecular weight is 280 g/mol. The van der Waals surface area contributed by atoms with Gasteiger partial charge in [-0.05, 0) is 35.9 Å². The van der Waals surface area contributed by atoms with Crippen LogP contribution < -0.4 is 5.32 Å². The van der Waals surface area contributed by atoms with Gasteiger partial charge in [-0.1, -0.05) is 23.7 Å². The molecule has 0 aliphatic heterocycles. The van der Waals surface area contributed by atoms with Crippen LogP contribution in [0, 0.1) is 5.82 Å². The van der Waals surface area contributed by atoms with Crippen molar-refractivity contribution in [2.24, 2.45) is 0 Å². The van der Waals surface area contributed by atoms with Gasteiger partial charge in [0.1, 0.15) is 11.6 Å². The standard InChI is InChI=1S/C14H11ClFNO2/c15-10-3-6-12(13(16)7-10)14(19)17-8-9-1-4-11(18)5-2-9/h1-7,18H,8H2,(H,17,19). The second-order valence-corrected chi connectivity index (χ2v) is 4.41. The fourth-order valence-electron chi connectivity index (χ4n) is 1.56. The molecule has 0 fully saturated rings. The van der Waals surface area contributed by atoms with E-state index in [0.29, 0.717) is 0 Å². The molecule has 0 atom stereocenters. The molecule has 0 saturated carbocycles. The molecule has 0 radical (unpaired) electrons. The summed E-state index contributed by atoms with van der Waals surface area (Å²) >= 11 is 5.61.